The van der Waals surface area contributed by atoms with E-state index in [0.29, 0.717) is 12.4 Å². The maximum Gasteiger partial charge on any atom is 0.254 e. The lowest BCUT2D eigenvalue weighted by Crippen LogP contribution is -2.39. The highest BCUT2D eigenvalue weighted by molar-refractivity contribution is 5.23. The topological polar surface area (TPSA) is 58.2 Å². The molecule has 1 aromatic rings. The van der Waals surface area contributed by atoms with Crippen molar-refractivity contribution < 1.29 is 4.74 Å². The van der Waals surface area contributed by atoms with Crippen molar-refractivity contribution in [1.82, 2.24) is 14.9 Å². The number of H-pyrrole nitrogens is 1. The van der Waals surface area contributed by atoms with Crippen molar-refractivity contribution in [3.63, 3.8) is 0 Å². The fourth-order valence-corrected chi connectivity index (χ4v) is 2.77. The van der Waals surface area contributed by atoms with Crippen LogP contribution in [0.3, 0.4) is 0 Å². The van der Waals surface area contributed by atoms with Gasteiger partial charge in [0.05, 0.1) is 12.3 Å². The minimum absolute atomic E-state index is 0.0321. The van der Waals surface area contributed by atoms with Gasteiger partial charge in [0.25, 0.3) is 5.56 Å². The van der Waals surface area contributed by atoms with Crippen LogP contribution in [-0.2, 0) is 17.6 Å². The van der Waals surface area contributed by atoms with Crippen LogP contribution >= 0.6 is 0 Å². The van der Waals surface area contributed by atoms with Crippen LogP contribution in [0.4, 0.5) is 0 Å². The average Bonchev–Trinajstić information content (AvgIpc) is 2.87. The second-order valence-electron chi connectivity index (χ2n) is 4.98. The van der Waals surface area contributed by atoms with Crippen LogP contribution in [0.5, 0.6) is 0 Å². The van der Waals surface area contributed by atoms with Gasteiger partial charge in [-0.15, -0.1) is 0 Å². The summed E-state index contributed by atoms with van der Waals surface area (Å²) in [6.45, 7) is 5.63. The summed E-state index contributed by atoms with van der Waals surface area (Å²) in [7, 11) is 0. The third-order valence-electron chi connectivity index (χ3n) is 3.86. The summed E-state index contributed by atoms with van der Waals surface area (Å²) in [5.41, 5.74) is 1.89. The highest BCUT2D eigenvalue weighted by Gasteiger charge is 2.25. The molecule has 18 heavy (non-hydrogen) atoms. The summed E-state index contributed by atoms with van der Waals surface area (Å²) < 4.78 is 5.74. The van der Waals surface area contributed by atoms with Crippen LogP contribution in [0.1, 0.15) is 36.5 Å². The zero-order chi connectivity index (χ0) is 12.5. The van der Waals surface area contributed by atoms with Crippen molar-refractivity contribution in [3.05, 3.63) is 27.4 Å². The van der Waals surface area contributed by atoms with E-state index in [0.717, 1.165) is 50.2 Å². The lowest BCUT2D eigenvalue weighted by Gasteiger charge is -2.31. The minimum Gasteiger partial charge on any atom is -0.368 e. The molecule has 1 saturated heterocycles. The molecule has 1 fully saturated rings. The van der Waals surface area contributed by atoms with E-state index >= 15 is 0 Å². The first-order valence-electron chi connectivity index (χ1n) is 6.74. The summed E-state index contributed by atoms with van der Waals surface area (Å²) in [5, 5.41) is 0. The van der Waals surface area contributed by atoms with Gasteiger partial charge >= 0.3 is 0 Å². The van der Waals surface area contributed by atoms with Gasteiger partial charge in [-0.25, -0.2) is 4.98 Å². The Morgan fingerprint density at radius 3 is 3.22 bits per heavy atom. The normalized spacial score (nSPS) is 24.2. The Morgan fingerprint density at radius 2 is 2.39 bits per heavy atom. The maximum atomic E-state index is 12.0. The molecule has 0 bridgehead atoms. The third kappa shape index (κ3) is 2.08. The minimum atomic E-state index is -0.0858. The van der Waals surface area contributed by atoms with Gasteiger partial charge < -0.3 is 9.72 Å². The Morgan fingerprint density at radius 1 is 1.50 bits per heavy atom. The van der Waals surface area contributed by atoms with Crippen molar-refractivity contribution in [2.45, 2.75) is 32.3 Å². The maximum absolute atomic E-state index is 12.0. The van der Waals surface area contributed by atoms with Crippen molar-refractivity contribution in [2.24, 2.45) is 0 Å². The molecule has 1 atom stereocenters. The molecule has 98 valence electrons. The standard InChI is InChI=1S/C13H19N3O2/c1-2-16-6-7-18-11(8-16)12-14-10-5-3-4-9(10)13(17)15-12/h11H,2-8H2,1H3,(H,14,15,17). The number of ether oxygens (including phenoxy) is 1. The predicted octanol–water partition coefficient (Wildman–Crippen LogP) is 0.652. The van der Waals surface area contributed by atoms with E-state index < -0.39 is 0 Å². The molecule has 0 radical (unpaired) electrons. The molecule has 0 amide bonds. The molecule has 1 N–H and O–H groups in total. The Hall–Kier alpha value is -1.20. The molecule has 3 rings (SSSR count). The smallest absolute Gasteiger partial charge is 0.254 e. The van der Waals surface area contributed by atoms with E-state index in [1.807, 2.05) is 0 Å². The number of aryl methyl sites for hydroxylation is 1. The first kappa shape index (κ1) is 11.9. The third-order valence-corrected chi connectivity index (χ3v) is 3.86. The Balaban J connectivity index is 1.88. The van der Waals surface area contributed by atoms with E-state index in [4.69, 9.17) is 4.74 Å². The number of hydrogen-bond acceptors (Lipinski definition) is 4. The van der Waals surface area contributed by atoms with Gasteiger partial charge in [-0.05, 0) is 25.8 Å². The molecule has 0 aromatic carbocycles. The van der Waals surface area contributed by atoms with E-state index in [-0.39, 0.29) is 11.7 Å². The highest BCUT2D eigenvalue weighted by Crippen LogP contribution is 2.21. The van der Waals surface area contributed by atoms with E-state index in [1.165, 1.54) is 0 Å². The van der Waals surface area contributed by atoms with Gasteiger partial charge in [-0.3, -0.25) is 9.69 Å². The Labute approximate surface area is 106 Å². The van der Waals surface area contributed by atoms with Crippen molar-refractivity contribution >= 4 is 0 Å². The van der Waals surface area contributed by atoms with Gasteiger partial charge in [0.2, 0.25) is 0 Å². The number of fused-ring (bicyclic) bond motifs is 1. The van der Waals surface area contributed by atoms with Gasteiger partial charge in [-0.1, -0.05) is 6.92 Å². The van der Waals surface area contributed by atoms with E-state index in [1.54, 1.807) is 0 Å². The lowest BCUT2D eigenvalue weighted by molar-refractivity contribution is -0.0327. The second kappa shape index (κ2) is 4.82. The van der Waals surface area contributed by atoms with E-state index in [2.05, 4.69) is 21.8 Å². The Kier molecular flexibility index (Phi) is 3.18. The summed E-state index contributed by atoms with van der Waals surface area (Å²) in [5.74, 6) is 0.707. The van der Waals surface area contributed by atoms with Crippen LogP contribution in [0.25, 0.3) is 0 Å². The average molecular weight is 249 g/mol. The number of morpholine rings is 1. The van der Waals surface area contributed by atoms with Crippen molar-refractivity contribution in [2.75, 3.05) is 26.2 Å². The van der Waals surface area contributed by atoms with E-state index in [9.17, 15) is 4.79 Å². The number of aromatic amines is 1. The van der Waals surface area contributed by atoms with Gasteiger partial charge in [0.15, 0.2) is 0 Å². The van der Waals surface area contributed by atoms with Crippen LogP contribution in [-0.4, -0.2) is 41.1 Å². The summed E-state index contributed by atoms with van der Waals surface area (Å²) in [6, 6.07) is 0. The Bertz CT molecular complexity index is 497. The summed E-state index contributed by atoms with van der Waals surface area (Å²) in [4.78, 5) is 21.8. The molecule has 2 aliphatic rings. The number of likely N-dealkylation sites (N-methyl/N-ethyl adjacent to an activating group) is 1. The van der Waals surface area contributed by atoms with Crippen molar-refractivity contribution in [3.8, 4) is 0 Å². The molecule has 1 aliphatic carbocycles. The molecular weight excluding hydrogens is 230 g/mol. The molecule has 1 aliphatic heterocycles. The fourth-order valence-electron chi connectivity index (χ4n) is 2.77. The fraction of sp³-hybridized carbons (Fsp3) is 0.692. The molecule has 5 nitrogen and oxygen atoms in total. The van der Waals surface area contributed by atoms with Crippen LogP contribution in [0.2, 0.25) is 0 Å². The first-order valence-corrected chi connectivity index (χ1v) is 6.74. The van der Waals surface area contributed by atoms with Crippen molar-refractivity contribution in [1.29, 1.82) is 0 Å². The summed E-state index contributed by atoms with van der Waals surface area (Å²) in [6.07, 6.45) is 2.75. The second-order valence-corrected chi connectivity index (χ2v) is 4.98. The zero-order valence-corrected chi connectivity index (χ0v) is 10.7. The molecule has 5 heteroatoms. The number of hydrogen-bond donors (Lipinski definition) is 1. The zero-order valence-electron chi connectivity index (χ0n) is 10.7. The lowest BCUT2D eigenvalue weighted by atomic mass is 10.2. The monoisotopic (exact) mass is 249 g/mol. The molecule has 2 heterocycles. The summed E-state index contributed by atoms with van der Waals surface area (Å²) >= 11 is 0. The number of nitrogens with one attached hydrogen (secondary N) is 1. The molecule has 1 unspecified atom stereocenters. The SMILES string of the molecule is CCN1CCOC(c2nc3c(c(=O)[nH]2)CCC3)C1. The highest BCUT2D eigenvalue weighted by atomic mass is 16.5. The van der Waals surface area contributed by atoms with Crippen LogP contribution < -0.4 is 5.56 Å². The van der Waals surface area contributed by atoms with Crippen LogP contribution in [0, 0.1) is 0 Å². The molecular formula is C13H19N3O2. The predicted molar refractivity (Wildman–Crippen MR) is 67.7 cm³/mol. The number of rotatable bonds is 2. The van der Waals surface area contributed by atoms with Gasteiger partial charge in [-0.2, -0.15) is 0 Å². The largest absolute Gasteiger partial charge is 0.368 e. The van der Waals surface area contributed by atoms with Gasteiger partial charge in [0, 0.05) is 18.7 Å². The van der Waals surface area contributed by atoms with Crippen LogP contribution in [0.15, 0.2) is 4.79 Å². The number of nitrogens with zero attached hydrogens (tertiary/aromatic N) is 2. The molecule has 0 saturated carbocycles. The molecule has 0 spiro atoms. The van der Waals surface area contributed by atoms with Gasteiger partial charge in [0.1, 0.15) is 11.9 Å². The quantitative estimate of drug-likeness (QED) is 0.836. The number of aromatic nitrogens is 2. The molecule has 1 aromatic heterocycles. The first-order chi connectivity index (χ1) is 8.78.